The molecule has 1 aromatic rings. The van der Waals surface area contributed by atoms with E-state index in [4.69, 9.17) is 9.47 Å². The molecule has 0 N–H and O–H groups in total. The molecule has 0 radical (unpaired) electrons. The summed E-state index contributed by atoms with van der Waals surface area (Å²) in [6.07, 6.45) is 3.05. The number of carbonyl (C=O) groups is 1. The van der Waals surface area contributed by atoms with E-state index < -0.39 is 0 Å². The number of aryl methyl sites for hydroxylation is 1. The number of ether oxygens (including phenoxy) is 3. The van der Waals surface area contributed by atoms with Crippen molar-refractivity contribution in [1.82, 2.24) is 0 Å². The summed E-state index contributed by atoms with van der Waals surface area (Å²) >= 11 is 0. The number of methoxy groups -OCH3 is 3. The molecule has 18 heavy (non-hydrogen) atoms. The topological polar surface area (TPSA) is 44.8 Å². The van der Waals surface area contributed by atoms with Crippen LogP contribution in [0.3, 0.4) is 0 Å². The Morgan fingerprint density at radius 3 is 2.50 bits per heavy atom. The van der Waals surface area contributed by atoms with Crippen molar-refractivity contribution >= 4 is 5.97 Å². The number of hydrogen-bond donors (Lipinski definition) is 0. The van der Waals surface area contributed by atoms with E-state index in [1.54, 1.807) is 14.2 Å². The summed E-state index contributed by atoms with van der Waals surface area (Å²) in [6, 6.07) is 5.74. The fraction of sp³-hybridized carbons (Fsp3) is 0.500. The van der Waals surface area contributed by atoms with Crippen LogP contribution in [0.5, 0.6) is 11.5 Å². The Morgan fingerprint density at radius 1 is 1.11 bits per heavy atom. The summed E-state index contributed by atoms with van der Waals surface area (Å²) in [6.45, 7) is 0. The van der Waals surface area contributed by atoms with E-state index in [1.807, 2.05) is 18.2 Å². The monoisotopic (exact) mass is 252 g/mol. The lowest BCUT2D eigenvalue weighted by molar-refractivity contribution is -0.140. The maximum absolute atomic E-state index is 11.0. The van der Waals surface area contributed by atoms with E-state index >= 15 is 0 Å². The van der Waals surface area contributed by atoms with Gasteiger partial charge in [0.15, 0.2) is 0 Å². The Labute approximate surface area is 108 Å². The smallest absolute Gasteiger partial charge is 0.305 e. The molecule has 0 atom stereocenters. The van der Waals surface area contributed by atoms with Crippen molar-refractivity contribution in [3.63, 3.8) is 0 Å². The van der Waals surface area contributed by atoms with Gasteiger partial charge in [0.05, 0.1) is 21.3 Å². The van der Waals surface area contributed by atoms with Crippen molar-refractivity contribution in [1.29, 1.82) is 0 Å². The SMILES string of the molecule is COC(=O)CCCCc1cc(OC)ccc1OC. The average molecular weight is 252 g/mol. The van der Waals surface area contributed by atoms with Crippen LogP contribution in [0.4, 0.5) is 0 Å². The Bertz CT molecular complexity index is 387. The molecule has 1 aromatic carbocycles. The van der Waals surface area contributed by atoms with Crippen molar-refractivity contribution in [2.75, 3.05) is 21.3 Å². The zero-order chi connectivity index (χ0) is 13.4. The molecule has 0 unspecified atom stereocenters. The van der Waals surface area contributed by atoms with Gasteiger partial charge in [-0.05, 0) is 43.0 Å². The number of esters is 1. The van der Waals surface area contributed by atoms with Gasteiger partial charge in [-0.2, -0.15) is 0 Å². The molecule has 0 saturated carbocycles. The number of hydrogen-bond acceptors (Lipinski definition) is 4. The van der Waals surface area contributed by atoms with E-state index in [1.165, 1.54) is 7.11 Å². The van der Waals surface area contributed by atoms with Crippen LogP contribution < -0.4 is 9.47 Å². The predicted molar refractivity (Wildman–Crippen MR) is 69.1 cm³/mol. The third-order valence-electron chi connectivity index (χ3n) is 2.79. The second kappa shape index (κ2) is 7.58. The zero-order valence-electron chi connectivity index (χ0n) is 11.2. The van der Waals surface area contributed by atoms with Crippen LogP contribution in [-0.4, -0.2) is 27.3 Å². The van der Waals surface area contributed by atoms with Gasteiger partial charge in [0.1, 0.15) is 11.5 Å². The summed E-state index contributed by atoms with van der Waals surface area (Å²) in [4.78, 5) is 11.0. The summed E-state index contributed by atoms with van der Waals surface area (Å²) in [7, 11) is 4.70. The number of rotatable bonds is 7. The Morgan fingerprint density at radius 2 is 1.89 bits per heavy atom. The molecule has 100 valence electrons. The molecule has 0 aliphatic heterocycles. The highest BCUT2D eigenvalue weighted by molar-refractivity contribution is 5.68. The van der Waals surface area contributed by atoms with Crippen molar-refractivity contribution in [2.45, 2.75) is 25.7 Å². The van der Waals surface area contributed by atoms with Crippen molar-refractivity contribution in [3.8, 4) is 11.5 Å². The van der Waals surface area contributed by atoms with Crippen LogP contribution in [-0.2, 0) is 16.0 Å². The lowest BCUT2D eigenvalue weighted by Crippen LogP contribution is -2.00. The largest absolute Gasteiger partial charge is 0.497 e. The number of carbonyl (C=O) groups excluding carboxylic acids is 1. The van der Waals surface area contributed by atoms with Crippen molar-refractivity contribution < 1.29 is 19.0 Å². The van der Waals surface area contributed by atoms with Gasteiger partial charge >= 0.3 is 5.97 Å². The van der Waals surface area contributed by atoms with Gasteiger partial charge in [-0.1, -0.05) is 0 Å². The molecular weight excluding hydrogens is 232 g/mol. The van der Waals surface area contributed by atoms with E-state index in [0.29, 0.717) is 6.42 Å². The van der Waals surface area contributed by atoms with Crippen LogP contribution in [0.1, 0.15) is 24.8 Å². The van der Waals surface area contributed by atoms with Gasteiger partial charge in [0.25, 0.3) is 0 Å². The Hall–Kier alpha value is -1.71. The molecule has 0 bridgehead atoms. The van der Waals surface area contributed by atoms with E-state index in [0.717, 1.165) is 36.3 Å². The normalized spacial score (nSPS) is 9.94. The van der Waals surface area contributed by atoms with E-state index in [-0.39, 0.29) is 5.97 Å². The molecule has 0 spiro atoms. The molecule has 1 rings (SSSR count). The minimum Gasteiger partial charge on any atom is -0.497 e. The van der Waals surface area contributed by atoms with Gasteiger partial charge in [0, 0.05) is 6.42 Å². The Kier molecular flexibility index (Phi) is 6.05. The zero-order valence-corrected chi connectivity index (χ0v) is 11.2. The molecule has 0 amide bonds. The van der Waals surface area contributed by atoms with E-state index in [9.17, 15) is 4.79 Å². The first-order valence-corrected chi connectivity index (χ1v) is 5.99. The van der Waals surface area contributed by atoms with Gasteiger partial charge in [-0.15, -0.1) is 0 Å². The number of benzene rings is 1. The van der Waals surface area contributed by atoms with Gasteiger partial charge in [-0.25, -0.2) is 0 Å². The first kappa shape index (κ1) is 14.4. The molecule has 0 aliphatic rings. The molecule has 0 heterocycles. The molecule has 4 nitrogen and oxygen atoms in total. The molecular formula is C14H20O4. The summed E-state index contributed by atoms with van der Waals surface area (Å²) < 4.78 is 15.1. The minimum atomic E-state index is -0.160. The van der Waals surface area contributed by atoms with Crippen LogP contribution in [0.25, 0.3) is 0 Å². The molecule has 0 saturated heterocycles. The lowest BCUT2D eigenvalue weighted by atomic mass is 10.1. The highest BCUT2D eigenvalue weighted by atomic mass is 16.5. The van der Waals surface area contributed by atoms with E-state index in [2.05, 4.69) is 4.74 Å². The highest BCUT2D eigenvalue weighted by Crippen LogP contribution is 2.25. The maximum atomic E-state index is 11.0. The van der Waals surface area contributed by atoms with Crippen LogP contribution in [0, 0.1) is 0 Å². The predicted octanol–water partition coefficient (Wildman–Crippen LogP) is 2.59. The van der Waals surface area contributed by atoms with Crippen molar-refractivity contribution in [3.05, 3.63) is 23.8 Å². The second-order valence-electron chi connectivity index (χ2n) is 3.96. The van der Waals surface area contributed by atoms with Crippen LogP contribution in [0.15, 0.2) is 18.2 Å². The van der Waals surface area contributed by atoms with Gasteiger partial charge in [-0.3, -0.25) is 4.79 Å². The van der Waals surface area contributed by atoms with Crippen molar-refractivity contribution in [2.24, 2.45) is 0 Å². The fourth-order valence-corrected chi connectivity index (χ4v) is 1.76. The highest BCUT2D eigenvalue weighted by Gasteiger charge is 2.06. The third kappa shape index (κ3) is 4.28. The first-order valence-electron chi connectivity index (χ1n) is 5.99. The first-order chi connectivity index (χ1) is 8.71. The van der Waals surface area contributed by atoms with Crippen LogP contribution in [0.2, 0.25) is 0 Å². The number of unbranched alkanes of at least 4 members (excludes halogenated alkanes) is 1. The second-order valence-corrected chi connectivity index (χ2v) is 3.96. The maximum Gasteiger partial charge on any atom is 0.305 e. The summed E-state index contributed by atoms with van der Waals surface area (Å²) in [5, 5.41) is 0. The summed E-state index contributed by atoms with van der Waals surface area (Å²) in [5.74, 6) is 1.51. The minimum absolute atomic E-state index is 0.160. The van der Waals surface area contributed by atoms with Gasteiger partial charge in [0.2, 0.25) is 0 Å². The lowest BCUT2D eigenvalue weighted by Gasteiger charge is -2.10. The standard InChI is InChI=1S/C14H20O4/c1-16-12-8-9-13(17-2)11(10-12)6-4-5-7-14(15)18-3/h8-10H,4-7H2,1-3H3. The van der Waals surface area contributed by atoms with Gasteiger partial charge < -0.3 is 14.2 Å². The quantitative estimate of drug-likeness (QED) is 0.552. The third-order valence-corrected chi connectivity index (χ3v) is 2.79. The molecule has 0 aliphatic carbocycles. The Balaban J connectivity index is 2.52. The van der Waals surface area contributed by atoms with Crippen LogP contribution >= 0.6 is 0 Å². The molecule has 0 fully saturated rings. The molecule has 4 heteroatoms. The fourth-order valence-electron chi connectivity index (χ4n) is 1.76. The summed E-state index contributed by atoms with van der Waals surface area (Å²) in [5.41, 5.74) is 1.10. The molecule has 0 aromatic heterocycles. The average Bonchev–Trinajstić information content (AvgIpc) is 2.42.